The molecule has 0 spiro atoms. The summed E-state index contributed by atoms with van der Waals surface area (Å²) in [5.41, 5.74) is 0.0377. The van der Waals surface area contributed by atoms with Crippen molar-refractivity contribution in [3.8, 4) is 0 Å². The molecule has 0 N–H and O–H groups in total. The van der Waals surface area contributed by atoms with Crippen LogP contribution in [0, 0.1) is 17.8 Å². The van der Waals surface area contributed by atoms with Crippen molar-refractivity contribution in [2.75, 3.05) is 20.8 Å². The highest BCUT2D eigenvalue weighted by Crippen LogP contribution is 2.41. The predicted molar refractivity (Wildman–Crippen MR) is 91.8 cm³/mol. The third kappa shape index (κ3) is 6.42. The van der Waals surface area contributed by atoms with Gasteiger partial charge in [-0.1, -0.05) is 19.3 Å². The minimum Gasteiger partial charge on any atom is -0.375 e. The fourth-order valence-corrected chi connectivity index (χ4v) is 3.75. The molecule has 1 saturated carbocycles. The molecule has 2 rings (SSSR count). The Morgan fingerprint density at radius 1 is 1.35 bits per heavy atom. The number of hydrogen-bond donors (Lipinski definition) is 0. The number of carbonyl (C=O) groups excluding carboxylic acids is 1. The zero-order valence-corrected chi connectivity index (χ0v) is 15.5. The normalized spacial score (nSPS) is 25.7. The Hall–Kier alpha value is -0.610. The standard InChI is InChI=1S/C19H35NO3/c1-19(2)12-6-8-17(14-23-19)16(13-15-10-11-15)7-5-9-18(21)20(3)22-4/h15-17H,5-14H2,1-4H3/t16-,17-/m0/s1. The number of nitrogens with zero attached hydrogens (tertiary/aromatic N) is 1. The lowest BCUT2D eigenvalue weighted by Gasteiger charge is -2.28. The second-order valence-corrected chi connectivity index (χ2v) is 8.13. The van der Waals surface area contributed by atoms with Crippen molar-refractivity contribution in [1.29, 1.82) is 0 Å². The van der Waals surface area contributed by atoms with Crippen molar-refractivity contribution in [3.63, 3.8) is 0 Å². The number of rotatable bonds is 8. The molecule has 1 aliphatic carbocycles. The molecule has 4 nitrogen and oxygen atoms in total. The topological polar surface area (TPSA) is 38.8 Å². The van der Waals surface area contributed by atoms with Gasteiger partial charge >= 0.3 is 0 Å². The number of hydrogen-bond acceptors (Lipinski definition) is 3. The Labute approximate surface area is 141 Å². The molecule has 23 heavy (non-hydrogen) atoms. The van der Waals surface area contributed by atoms with Crippen molar-refractivity contribution in [1.82, 2.24) is 5.06 Å². The van der Waals surface area contributed by atoms with Crippen molar-refractivity contribution in [2.45, 2.75) is 77.2 Å². The van der Waals surface area contributed by atoms with Crippen LogP contribution >= 0.6 is 0 Å². The summed E-state index contributed by atoms with van der Waals surface area (Å²) in [5.74, 6) is 2.41. The van der Waals surface area contributed by atoms with Crippen molar-refractivity contribution in [3.05, 3.63) is 0 Å². The number of hydroxylamine groups is 2. The zero-order chi connectivity index (χ0) is 16.9. The van der Waals surface area contributed by atoms with Gasteiger partial charge in [0.25, 0.3) is 0 Å². The first-order valence-corrected chi connectivity index (χ1v) is 9.36. The molecular formula is C19H35NO3. The van der Waals surface area contributed by atoms with E-state index in [2.05, 4.69) is 13.8 Å². The maximum Gasteiger partial charge on any atom is 0.245 e. The molecule has 0 aromatic heterocycles. The molecule has 0 radical (unpaired) electrons. The number of carbonyl (C=O) groups is 1. The van der Waals surface area contributed by atoms with Crippen LogP contribution in [0.15, 0.2) is 0 Å². The largest absolute Gasteiger partial charge is 0.375 e. The third-order valence-corrected chi connectivity index (χ3v) is 5.63. The van der Waals surface area contributed by atoms with Gasteiger partial charge in [-0.3, -0.25) is 9.63 Å². The van der Waals surface area contributed by atoms with Crippen LogP contribution < -0.4 is 0 Å². The van der Waals surface area contributed by atoms with E-state index in [1.54, 1.807) is 14.2 Å². The number of ether oxygens (including phenoxy) is 1. The van der Waals surface area contributed by atoms with E-state index in [1.165, 1.54) is 37.2 Å². The summed E-state index contributed by atoms with van der Waals surface area (Å²) in [6.45, 7) is 5.32. The van der Waals surface area contributed by atoms with Crippen molar-refractivity contribution < 1.29 is 14.4 Å². The first kappa shape index (κ1) is 18.7. The first-order valence-electron chi connectivity index (χ1n) is 9.36. The summed E-state index contributed by atoms with van der Waals surface area (Å²) in [6.07, 6.45) is 10.6. The fraction of sp³-hybridized carbons (Fsp3) is 0.947. The van der Waals surface area contributed by atoms with E-state index in [4.69, 9.17) is 9.57 Å². The quantitative estimate of drug-likeness (QED) is 0.628. The summed E-state index contributed by atoms with van der Waals surface area (Å²) < 4.78 is 6.17. The van der Waals surface area contributed by atoms with Gasteiger partial charge in [-0.05, 0) is 63.7 Å². The molecular weight excluding hydrogens is 290 g/mol. The lowest BCUT2D eigenvalue weighted by atomic mass is 9.81. The minimum atomic E-state index is 0.0377. The molecule has 1 saturated heterocycles. The highest BCUT2D eigenvalue weighted by molar-refractivity contribution is 5.74. The second kappa shape index (κ2) is 8.48. The summed E-state index contributed by atoms with van der Waals surface area (Å²) in [4.78, 5) is 16.8. The van der Waals surface area contributed by atoms with E-state index in [1.807, 2.05) is 0 Å². The van der Waals surface area contributed by atoms with Crippen molar-refractivity contribution in [2.24, 2.45) is 17.8 Å². The van der Waals surface area contributed by atoms with Gasteiger partial charge in [-0.25, -0.2) is 5.06 Å². The van der Waals surface area contributed by atoms with Crippen LogP contribution in [0.2, 0.25) is 0 Å². The maximum absolute atomic E-state index is 11.9. The van der Waals surface area contributed by atoms with Gasteiger partial charge in [0.1, 0.15) is 0 Å². The average Bonchev–Trinajstić information content (AvgIpc) is 3.33. The Morgan fingerprint density at radius 3 is 2.74 bits per heavy atom. The molecule has 134 valence electrons. The molecule has 2 atom stereocenters. The second-order valence-electron chi connectivity index (χ2n) is 8.13. The van der Waals surface area contributed by atoms with E-state index in [0.29, 0.717) is 12.3 Å². The van der Waals surface area contributed by atoms with Crippen LogP contribution in [0.25, 0.3) is 0 Å². The third-order valence-electron chi connectivity index (χ3n) is 5.63. The van der Waals surface area contributed by atoms with E-state index in [0.717, 1.165) is 37.7 Å². The van der Waals surface area contributed by atoms with E-state index >= 15 is 0 Å². The van der Waals surface area contributed by atoms with Crippen LogP contribution in [0.1, 0.15) is 71.6 Å². The van der Waals surface area contributed by atoms with Crippen LogP contribution in [-0.4, -0.2) is 37.3 Å². The first-order chi connectivity index (χ1) is 10.9. The molecule has 4 heteroatoms. The molecule has 0 unspecified atom stereocenters. The zero-order valence-electron chi connectivity index (χ0n) is 15.5. The van der Waals surface area contributed by atoms with Crippen LogP contribution in [-0.2, 0) is 14.4 Å². The molecule has 1 heterocycles. The maximum atomic E-state index is 11.9. The lowest BCUT2D eigenvalue weighted by molar-refractivity contribution is -0.168. The summed E-state index contributed by atoms with van der Waals surface area (Å²) in [6, 6.07) is 0. The molecule has 0 aromatic rings. The lowest BCUT2D eigenvalue weighted by Crippen LogP contribution is -2.27. The minimum absolute atomic E-state index is 0.0377. The van der Waals surface area contributed by atoms with Gasteiger partial charge in [0.2, 0.25) is 5.91 Å². The molecule has 2 fully saturated rings. The highest BCUT2D eigenvalue weighted by Gasteiger charge is 2.33. The van der Waals surface area contributed by atoms with Crippen molar-refractivity contribution >= 4 is 5.91 Å². The fourth-order valence-electron chi connectivity index (χ4n) is 3.75. The highest BCUT2D eigenvalue weighted by atomic mass is 16.7. The molecule has 1 amide bonds. The van der Waals surface area contributed by atoms with Crippen LogP contribution in [0.3, 0.4) is 0 Å². The molecule has 2 aliphatic rings. The number of amides is 1. The van der Waals surface area contributed by atoms with Gasteiger partial charge in [0, 0.05) is 13.5 Å². The Kier molecular flexibility index (Phi) is 6.90. The predicted octanol–water partition coefficient (Wildman–Crippen LogP) is 4.19. The summed E-state index contributed by atoms with van der Waals surface area (Å²) >= 11 is 0. The molecule has 0 bridgehead atoms. The van der Waals surface area contributed by atoms with Gasteiger partial charge in [-0.2, -0.15) is 0 Å². The summed E-state index contributed by atoms with van der Waals surface area (Å²) in [7, 11) is 3.23. The average molecular weight is 325 g/mol. The molecule has 0 aromatic carbocycles. The van der Waals surface area contributed by atoms with Gasteiger partial charge in [0.05, 0.1) is 19.3 Å². The SMILES string of the molecule is CON(C)C(=O)CCC[C@@H](CC1CC1)[C@H]1CCCC(C)(C)OC1. The monoisotopic (exact) mass is 325 g/mol. The van der Waals surface area contributed by atoms with E-state index in [-0.39, 0.29) is 11.5 Å². The van der Waals surface area contributed by atoms with E-state index < -0.39 is 0 Å². The van der Waals surface area contributed by atoms with E-state index in [9.17, 15) is 4.79 Å². The molecule has 1 aliphatic heterocycles. The van der Waals surface area contributed by atoms with Crippen LogP contribution in [0.4, 0.5) is 0 Å². The smallest absolute Gasteiger partial charge is 0.245 e. The Balaban J connectivity index is 1.82. The van der Waals surface area contributed by atoms with Gasteiger partial charge in [-0.15, -0.1) is 0 Å². The Bertz CT molecular complexity index is 379. The Morgan fingerprint density at radius 2 is 2.09 bits per heavy atom. The summed E-state index contributed by atoms with van der Waals surface area (Å²) in [5, 5.41) is 1.34. The van der Waals surface area contributed by atoms with Crippen LogP contribution in [0.5, 0.6) is 0 Å². The van der Waals surface area contributed by atoms with Gasteiger partial charge in [0.15, 0.2) is 0 Å². The van der Waals surface area contributed by atoms with Gasteiger partial charge < -0.3 is 4.74 Å².